The molecule has 1 unspecified atom stereocenters. The van der Waals surface area contributed by atoms with Crippen LogP contribution in [0, 0.1) is 0 Å². The number of benzene rings is 1. The van der Waals surface area contributed by atoms with Gasteiger partial charge in [-0.2, -0.15) is 5.06 Å². The van der Waals surface area contributed by atoms with Crippen LogP contribution in [0.15, 0.2) is 30.3 Å². The van der Waals surface area contributed by atoms with Crippen LogP contribution in [0.3, 0.4) is 0 Å². The van der Waals surface area contributed by atoms with E-state index in [9.17, 15) is 9.90 Å². The van der Waals surface area contributed by atoms with E-state index in [-0.39, 0.29) is 12.5 Å². The third-order valence-corrected chi connectivity index (χ3v) is 4.48. The van der Waals surface area contributed by atoms with E-state index < -0.39 is 5.60 Å². The number of β-amino-alcohol motifs (C(OH)–C–C–N with tert-alkyl or cyclic N) is 1. The monoisotopic (exact) mass is 304 g/mol. The largest absolute Gasteiger partial charge is 0.379 e. The van der Waals surface area contributed by atoms with E-state index >= 15 is 0 Å². The quantitative estimate of drug-likeness (QED) is 0.889. The Hall–Kier alpha value is -1.43. The SMILES string of the molecule is O=C1N(CCc2ccccc2)CCCC1(O)CN1CCCO1. The second kappa shape index (κ2) is 6.77. The molecule has 2 fully saturated rings. The van der Waals surface area contributed by atoms with E-state index in [0.29, 0.717) is 19.6 Å². The summed E-state index contributed by atoms with van der Waals surface area (Å²) in [6.07, 6.45) is 3.14. The third-order valence-electron chi connectivity index (χ3n) is 4.48. The molecule has 1 aromatic carbocycles. The summed E-state index contributed by atoms with van der Waals surface area (Å²) < 4.78 is 0. The molecule has 1 aromatic rings. The molecule has 5 nitrogen and oxygen atoms in total. The summed E-state index contributed by atoms with van der Waals surface area (Å²) >= 11 is 0. The van der Waals surface area contributed by atoms with Crippen LogP contribution in [-0.4, -0.2) is 59.4 Å². The predicted octanol–water partition coefficient (Wildman–Crippen LogP) is 1.22. The molecule has 5 heteroatoms. The third kappa shape index (κ3) is 3.48. The number of likely N-dealkylation sites (tertiary alicyclic amines) is 1. The number of hydrogen-bond acceptors (Lipinski definition) is 4. The Morgan fingerprint density at radius 3 is 2.73 bits per heavy atom. The van der Waals surface area contributed by atoms with Gasteiger partial charge in [0.15, 0.2) is 5.60 Å². The minimum absolute atomic E-state index is 0.148. The molecule has 22 heavy (non-hydrogen) atoms. The van der Waals surface area contributed by atoms with E-state index in [1.54, 1.807) is 9.96 Å². The van der Waals surface area contributed by atoms with Crippen molar-refractivity contribution in [1.82, 2.24) is 9.96 Å². The molecule has 2 saturated heterocycles. The zero-order valence-corrected chi connectivity index (χ0v) is 12.9. The Balaban J connectivity index is 1.59. The van der Waals surface area contributed by atoms with E-state index in [2.05, 4.69) is 12.1 Å². The van der Waals surface area contributed by atoms with Gasteiger partial charge in [0.05, 0.1) is 13.2 Å². The Kier molecular flexibility index (Phi) is 4.76. The first-order valence-corrected chi connectivity index (χ1v) is 8.11. The smallest absolute Gasteiger partial charge is 0.255 e. The molecule has 3 rings (SSSR count). The van der Waals surface area contributed by atoms with Gasteiger partial charge in [0.25, 0.3) is 5.91 Å². The van der Waals surface area contributed by atoms with E-state index in [0.717, 1.165) is 32.4 Å². The van der Waals surface area contributed by atoms with E-state index in [1.807, 2.05) is 18.2 Å². The summed E-state index contributed by atoms with van der Waals surface area (Å²) in [4.78, 5) is 19.9. The molecule has 2 aliphatic rings. The minimum atomic E-state index is -1.29. The maximum absolute atomic E-state index is 12.6. The second-order valence-corrected chi connectivity index (χ2v) is 6.21. The molecule has 2 aliphatic heterocycles. The second-order valence-electron chi connectivity index (χ2n) is 6.21. The predicted molar refractivity (Wildman–Crippen MR) is 83.1 cm³/mol. The van der Waals surface area contributed by atoms with Crippen molar-refractivity contribution in [2.24, 2.45) is 0 Å². The number of carbonyl (C=O) groups is 1. The van der Waals surface area contributed by atoms with E-state index in [1.165, 1.54) is 5.56 Å². The summed E-state index contributed by atoms with van der Waals surface area (Å²) in [5, 5.41) is 12.5. The molecular weight excluding hydrogens is 280 g/mol. The topological polar surface area (TPSA) is 53.0 Å². The van der Waals surface area contributed by atoms with Crippen LogP contribution in [0.2, 0.25) is 0 Å². The maximum atomic E-state index is 12.6. The highest BCUT2D eigenvalue weighted by Gasteiger charge is 2.43. The Morgan fingerprint density at radius 1 is 1.18 bits per heavy atom. The van der Waals surface area contributed by atoms with Crippen LogP contribution in [-0.2, 0) is 16.1 Å². The molecule has 1 amide bonds. The van der Waals surface area contributed by atoms with Crippen LogP contribution < -0.4 is 0 Å². The normalized spacial score (nSPS) is 26.6. The molecule has 120 valence electrons. The Labute approximate surface area is 131 Å². The van der Waals surface area contributed by atoms with Crippen LogP contribution in [0.4, 0.5) is 0 Å². The molecule has 0 radical (unpaired) electrons. The molecule has 0 aromatic heterocycles. The van der Waals surface area contributed by atoms with Crippen LogP contribution in [0.25, 0.3) is 0 Å². The zero-order chi connectivity index (χ0) is 15.4. The van der Waals surface area contributed by atoms with E-state index in [4.69, 9.17) is 4.84 Å². The molecule has 1 atom stereocenters. The lowest BCUT2D eigenvalue weighted by atomic mass is 9.91. The first-order valence-electron chi connectivity index (χ1n) is 8.11. The first kappa shape index (κ1) is 15.5. The lowest BCUT2D eigenvalue weighted by Crippen LogP contribution is -2.58. The molecule has 0 saturated carbocycles. The number of aliphatic hydroxyl groups is 1. The molecule has 0 aliphatic carbocycles. The Morgan fingerprint density at radius 2 is 2.00 bits per heavy atom. The van der Waals surface area contributed by atoms with Crippen molar-refractivity contribution < 1.29 is 14.7 Å². The van der Waals surface area contributed by atoms with Crippen molar-refractivity contribution in [2.75, 3.05) is 32.8 Å². The fraction of sp³-hybridized carbons (Fsp3) is 0.588. The van der Waals surface area contributed by atoms with Crippen molar-refractivity contribution in [2.45, 2.75) is 31.3 Å². The summed E-state index contributed by atoms with van der Waals surface area (Å²) in [6.45, 7) is 3.15. The number of rotatable bonds is 5. The van der Waals surface area contributed by atoms with Crippen LogP contribution >= 0.6 is 0 Å². The average Bonchev–Trinajstić information content (AvgIpc) is 3.03. The fourth-order valence-corrected chi connectivity index (χ4v) is 3.25. The number of piperidine rings is 1. The average molecular weight is 304 g/mol. The highest BCUT2D eigenvalue weighted by atomic mass is 16.7. The van der Waals surface area contributed by atoms with Gasteiger partial charge in [0, 0.05) is 19.6 Å². The standard InChI is InChI=1S/C17H24N2O3/c20-16-17(21,14-19-11-5-13-22-19)9-4-10-18(16)12-8-15-6-2-1-3-7-15/h1-3,6-7,21H,4-5,8-14H2. The van der Waals surface area contributed by atoms with Crippen molar-refractivity contribution in [3.05, 3.63) is 35.9 Å². The number of hydroxylamine groups is 2. The highest BCUT2D eigenvalue weighted by molar-refractivity contribution is 5.86. The summed E-state index contributed by atoms with van der Waals surface area (Å²) in [7, 11) is 0. The Bertz CT molecular complexity index is 502. The molecule has 1 N–H and O–H groups in total. The van der Waals surface area contributed by atoms with Crippen molar-refractivity contribution in [1.29, 1.82) is 0 Å². The maximum Gasteiger partial charge on any atom is 0.255 e. The fourth-order valence-electron chi connectivity index (χ4n) is 3.25. The van der Waals surface area contributed by atoms with Gasteiger partial charge in [-0.1, -0.05) is 30.3 Å². The lowest BCUT2D eigenvalue weighted by Gasteiger charge is -2.39. The van der Waals surface area contributed by atoms with Gasteiger partial charge < -0.3 is 10.0 Å². The molecule has 0 bridgehead atoms. The molecule has 2 heterocycles. The number of hydrogen-bond donors (Lipinski definition) is 1. The number of carbonyl (C=O) groups excluding carboxylic acids is 1. The van der Waals surface area contributed by atoms with Gasteiger partial charge in [0.1, 0.15) is 0 Å². The summed E-state index contributed by atoms with van der Waals surface area (Å²) in [5.41, 5.74) is -0.0773. The van der Waals surface area contributed by atoms with Gasteiger partial charge in [-0.3, -0.25) is 9.63 Å². The lowest BCUT2D eigenvalue weighted by molar-refractivity contribution is -0.181. The first-order chi connectivity index (χ1) is 10.7. The van der Waals surface area contributed by atoms with Gasteiger partial charge >= 0.3 is 0 Å². The minimum Gasteiger partial charge on any atom is -0.379 e. The van der Waals surface area contributed by atoms with Crippen molar-refractivity contribution in [3.63, 3.8) is 0 Å². The van der Waals surface area contributed by atoms with Crippen LogP contribution in [0.1, 0.15) is 24.8 Å². The van der Waals surface area contributed by atoms with Gasteiger partial charge in [-0.15, -0.1) is 0 Å². The number of amides is 1. The van der Waals surface area contributed by atoms with Crippen molar-refractivity contribution >= 4 is 5.91 Å². The van der Waals surface area contributed by atoms with Gasteiger partial charge in [0.2, 0.25) is 0 Å². The summed E-state index contributed by atoms with van der Waals surface area (Å²) in [5.74, 6) is -0.148. The highest BCUT2D eigenvalue weighted by Crippen LogP contribution is 2.25. The molecular formula is C17H24N2O3. The zero-order valence-electron chi connectivity index (χ0n) is 12.9. The molecule has 0 spiro atoms. The summed E-state index contributed by atoms with van der Waals surface area (Å²) in [6, 6.07) is 10.1. The number of nitrogens with zero attached hydrogens (tertiary/aromatic N) is 2. The van der Waals surface area contributed by atoms with Gasteiger partial charge in [-0.05, 0) is 31.2 Å². The van der Waals surface area contributed by atoms with Crippen LogP contribution in [0.5, 0.6) is 0 Å². The van der Waals surface area contributed by atoms with Crippen molar-refractivity contribution in [3.8, 4) is 0 Å². The van der Waals surface area contributed by atoms with Gasteiger partial charge in [-0.25, -0.2) is 0 Å².